The lowest BCUT2D eigenvalue weighted by Crippen LogP contribution is -2.29. The summed E-state index contributed by atoms with van der Waals surface area (Å²) in [5, 5.41) is 9.35. The summed E-state index contributed by atoms with van der Waals surface area (Å²) in [6.45, 7) is 0.574. The van der Waals surface area contributed by atoms with Crippen LogP contribution in [0.2, 0.25) is 0 Å². The molecule has 0 aromatic heterocycles. The molecule has 0 amide bonds. The van der Waals surface area contributed by atoms with Crippen LogP contribution in [0.25, 0.3) is 0 Å². The highest BCUT2D eigenvalue weighted by atomic mass is 79.9. The van der Waals surface area contributed by atoms with Crippen LogP contribution in [0.5, 0.6) is 0 Å². The summed E-state index contributed by atoms with van der Waals surface area (Å²) >= 11 is 3.24. The van der Waals surface area contributed by atoms with E-state index in [2.05, 4.69) is 15.9 Å². The van der Waals surface area contributed by atoms with Crippen molar-refractivity contribution >= 4 is 26.0 Å². The van der Waals surface area contributed by atoms with Crippen LogP contribution >= 0.6 is 15.9 Å². The topological polar surface area (TPSA) is 57.6 Å². The Balaban J connectivity index is 2.32. The number of benzene rings is 1. The number of β-amino-alcohol motifs (C(OH)–C–C–N with tert-alkyl or cyclic N) is 1. The Morgan fingerprint density at radius 1 is 1.44 bits per heavy atom. The number of hydrogen-bond donors (Lipinski definition) is 1. The highest BCUT2D eigenvalue weighted by molar-refractivity contribution is 9.10. The molecule has 0 unspecified atom stereocenters. The minimum absolute atomic E-state index is 0.189. The first-order valence-corrected chi connectivity index (χ1v) is 7.17. The van der Waals surface area contributed by atoms with E-state index in [1.807, 2.05) is 0 Å². The fourth-order valence-corrected chi connectivity index (χ4v) is 3.79. The smallest absolute Gasteiger partial charge is 0.243 e. The minimum atomic E-state index is -3.45. The van der Waals surface area contributed by atoms with E-state index in [0.717, 1.165) is 4.47 Å². The average Bonchev–Trinajstić information content (AvgIpc) is 2.65. The first-order chi connectivity index (χ1) is 7.50. The lowest BCUT2D eigenvalue weighted by Gasteiger charge is -2.15. The van der Waals surface area contributed by atoms with Crippen molar-refractivity contribution < 1.29 is 13.5 Å². The van der Waals surface area contributed by atoms with Crippen LogP contribution in [0.4, 0.5) is 0 Å². The third kappa shape index (κ3) is 2.29. The average molecular weight is 306 g/mol. The normalized spacial score (nSPS) is 22.5. The Bertz CT molecular complexity index is 489. The van der Waals surface area contributed by atoms with Crippen LogP contribution in [0.15, 0.2) is 33.6 Å². The summed E-state index contributed by atoms with van der Waals surface area (Å²) in [7, 11) is -3.45. The Morgan fingerprint density at radius 3 is 2.75 bits per heavy atom. The van der Waals surface area contributed by atoms with E-state index in [-0.39, 0.29) is 11.4 Å². The van der Waals surface area contributed by atoms with Crippen LogP contribution in [-0.2, 0) is 10.0 Å². The van der Waals surface area contributed by atoms with E-state index < -0.39 is 16.1 Å². The van der Waals surface area contributed by atoms with Crippen molar-refractivity contribution in [2.24, 2.45) is 0 Å². The lowest BCUT2D eigenvalue weighted by atomic mass is 10.3. The molecule has 88 valence electrons. The zero-order valence-electron chi connectivity index (χ0n) is 8.51. The summed E-state index contributed by atoms with van der Waals surface area (Å²) < 4.78 is 26.3. The molecule has 1 aromatic rings. The van der Waals surface area contributed by atoms with Crippen LogP contribution in [0.3, 0.4) is 0 Å². The van der Waals surface area contributed by atoms with Crippen LogP contribution in [-0.4, -0.2) is 37.0 Å². The van der Waals surface area contributed by atoms with E-state index in [4.69, 9.17) is 0 Å². The van der Waals surface area contributed by atoms with Crippen LogP contribution in [0, 0.1) is 0 Å². The van der Waals surface area contributed by atoms with Crippen molar-refractivity contribution in [1.82, 2.24) is 4.31 Å². The molecule has 1 aromatic carbocycles. The number of halogens is 1. The second kappa shape index (κ2) is 4.44. The predicted molar refractivity (Wildman–Crippen MR) is 63.5 cm³/mol. The summed E-state index contributed by atoms with van der Waals surface area (Å²) in [6, 6.07) is 6.59. The second-order valence-electron chi connectivity index (χ2n) is 3.76. The van der Waals surface area contributed by atoms with Gasteiger partial charge in [-0.1, -0.05) is 22.0 Å². The Labute approximate surface area is 103 Å². The summed E-state index contributed by atoms with van der Waals surface area (Å²) in [4.78, 5) is 0.260. The molecule has 1 heterocycles. The zero-order valence-corrected chi connectivity index (χ0v) is 10.9. The fraction of sp³-hybridized carbons (Fsp3) is 0.400. The Hall–Kier alpha value is -0.430. The van der Waals surface area contributed by atoms with Crippen molar-refractivity contribution in [3.63, 3.8) is 0 Å². The van der Waals surface area contributed by atoms with Crippen molar-refractivity contribution in [1.29, 1.82) is 0 Å². The number of aliphatic hydroxyl groups is 1. The van der Waals surface area contributed by atoms with E-state index in [1.54, 1.807) is 24.3 Å². The molecule has 1 saturated heterocycles. The molecular formula is C10H12BrNO3S. The van der Waals surface area contributed by atoms with Gasteiger partial charge in [0, 0.05) is 17.6 Å². The van der Waals surface area contributed by atoms with Crippen LogP contribution < -0.4 is 0 Å². The van der Waals surface area contributed by atoms with E-state index >= 15 is 0 Å². The molecule has 0 bridgehead atoms. The third-order valence-electron chi connectivity index (χ3n) is 2.56. The second-order valence-corrected chi connectivity index (χ2v) is 6.62. The van der Waals surface area contributed by atoms with Gasteiger partial charge in [0.25, 0.3) is 0 Å². The third-order valence-corrected chi connectivity index (χ3v) is 4.91. The molecule has 1 fully saturated rings. The van der Waals surface area contributed by atoms with Gasteiger partial charge in [0.15, 0.2) is 0 Å². The predicted octanol–water partition coefficient (Wildman–Crippen LogP) is 1.20. The largest absolute Gasteiger partial charge is 0.392 e. The Morgan fingerprint density at radius 2 is 2.19 bits per heavy atom. The highest BCUT2D eigenvalue weighted by Gasteiger charge is 2.31. The molecule has 1 aliphatic rings. The van der Waals surface area contributed by atoms with E-state index in [1.165, 1.54) is 4.31 Å². The molecule has 2 rings (SSSR count). The first-order valence-electron chi connectivity index (χ1n) is 4.94. The molecule has 1 aliphatic heterocycles. The fourth-order valence-electron chi connectivity index (χ4n) is 1.71. The van der Waals surface area contributed by atoms with E-state index in [0.29, 0.717) is 13.0 Å². The molecule has 16 heavy (non-hydrogen) atoms. The molecule has 0 radical (unpaired) electrons. The number of sulfonamides is 1. The maximum absolute atomic E-state index is 12.1. The molecule has 0 aliphatic carbocycles. The quantitative estimate of drug-likeness (QED) is 0.893. The maximum atomic E-state index is 12.1. The van der Waals surface area contributed by atoms with Crippen molar-refractivity contribution in [3.8, 4) is 0 Å². The van der Waals surface area contributed by atoms with Gasteiger partial charge in [-0.25, -0.2) is 8.42 Å². The summed E-state index contributed by atoms with van der Waals surface area (Å²) in [5.74, 6) is 0. The monoisotopic (exact) mass is 305 g/mol. The first kappa shape index (κ1) is 12.0. The summed E-state index contributed by atoms with van der Waals surface area (Å²) in [6.07, 6.45) is -0.0327. The maximum Gasteiger partial charge on any atom is 0.243 e. The van der Waals surface area contributed by atoms with E-state index in [9.17, 15) is 13.5 Å². The van der Waals surface area contributed by atoms with Gasteiger partial charge in [-0.05, 0) is 24.6 Å². The SMILES string of the molecule is O=S(=O)(c1cccc(Br)c1)N1CC[C@@H](O)C1. The van der Waals surface area contributed by atoms with Gasteiger partial charge in [-0.3, -0.25) is 0 Å². The molecular weight excluding hydrogens is 294 g/mol. The van der Waals surface area contributed by atoms with Gasteiger partial charge < -0.3 is 5.11 Å². The highest BCUT2D eigenvalue weighted by Crippen LogP contribution is 2.23. The Kier molecular flexibility index (Phi) is 3.34. The van der Waals surface area contributed by atoms with Crippen LogP contribution in [0.1, 0.15) is 6.42 Å². The molecule has 4 nitrogen and oxygen atoms in total. The van der Waals surface area contributed by atoms with Crippen molar-refractivity contribution in [3.05, 3.63) is 28.7 Å². The van der Waals surface area contributed by atoms with Gasteiger partial charge in [0.2, 0.25) is 10.0 Å². The zero-order chi connectivity index (χ0) is 11.8. The molecule has 6 heteroatoms. The minimum Gasteiger partial charge on any atom is -0.392 e. The number of rotatable bonds is 2. The number of aliphatic hydroxyl groups excluding tert-OH is 1. The standard InChI is InChI=1S/C10H12BrNO3S/c11-8-2-1-3-10(6-8)16(14,15)12-5-4-9(13)7-12/h1-3,6,9,13H,4-5,7H2/t9-/m1/s1. The number of hydrogen-bond acceptors (Lipinski definition) is 3. The van der Waals surface area contributed by atoms with Gasteiger partial charge >= 0.3 is 0 Å². The van der Waals surface area contributed by atoms with Crippen molar-refractivity contribution in [2.75, 3.05) is 13.1 Å². The van der Waals surface area contributed by atoms with Crippen molar-refractivity contribution in [2.45, 2.75) is 17.4 Å². The van der Waals surface area contributed by atoms with Gasteiger partial charge in [0.1, 0.15) is 0 Å². The molecule has 1 N–H and O–H groups in total. The number of nitrogens with zero attached hydrogens (tertiary/aromatic N) is 1. The summed E-state index contributed by atoms with van der Waals surface area (Å²) in [5.41, 5.74) is 0. The molecule has 1 atom stereocenters. The lowest BCUT2D eigenvalue weighted by molar-refractivity contribution is 0.189. The van der Waals surface area contributed by atoms with Gasteiger partial charge in [-0.2, -0.15) is 4.31 Å². The molecule has 0 spiro atoms. The van der Waals surface area contributed by atoms with Gasteiger partial charge in [0.05, 0.1) is 11.0 Å². The molecule has 0 saturated carbocycles. The van der Waals surface area contributed by atoms with Gasteiger partial charge in [-0.15, -0.1) is 0 Å².